The molecule has 0 heterocycles. The van der Waals surface area contributed by atoms with Crippen LogP contribution in [0.5, 0.6) is 0 Å². The van der Waals surface area contributed by atoms with Gasteiger partial charge in [-0.15, -0.1) is 12.4 Å². The van der Waals surface area contributed by atoms with Gasteiger partial charge < -0.3 is 10.6 Å². The fraction of sp³-hybridized carbons (Fsp3) is 0.533. The second-order valence-corrected chi connectivity index (χ2v) is 6.33. The van der Waals surface area contributed by atoms with Crippen LogP contribution in [0, 0.1) is 0 Å². The molecule has 2 N–H and O–H groups in total. The molecule has 0 radical (unpaired) electrons. The van der Waals surface area contributed by atoms with Gasteiger partial charge in [0, 0.05) is 17.0 Å². The highest BCUT2D eigenvalue weighted by atomic mass is 35.5. The highest BCUT2D eigenvalue weighted by Crippen LogP contribution is 2.29. The molecule has 0 aliphatic heterocycles. The molecule has 1 amide bonds. The Morgan fingerprint density at radius 1 is 1.30 bits per heavy atom. The summed E-state index contributed by atoms with van der Waals surface area (Å²) in [5.74, 6) is 1.22. The van der Waals surface area contributed by atoms with Crippen molar-refractivity contribution in [2.45, 2.75) is 37.5 Å². The predicted octanol–water partition coefficient (Wildman–Crippen LogP) is 3.31. The third-order valence-electron chi connectivity index (χ3n) is 3.41. The number of benzene rings is 1. The Morgan fingerprint density at radius 2 is 2.05 bits per heavy atom. The molecule has 1 aromatic carbocycles. The van der Waals surface area contributed by atoms with E-state index in [9.17, 15) is 4.79 Å². The molecule has 112 valence electrons. The molecule has 0 spiro atoms. The normalized spacial score (nSPS) is 21.1. The van der Waals surface area contributed by atoms with Crippen LogP contribution >= 0.6 is 24.2 Å². The van der Waals surface area contributed by atoms with Crippen LogP contribution in [-0.4, -0.2) is 29.5 Å². The third-order valence-corrected chi connectivity index (χ3v) is 4.73. The van der Waals surface area contributed by atoms with Crippen LogP contribution in [0.3, 0.4) is 0 Å². The van der Waals surface area contributed by atoms with E-state index < -0.39 is 0 Å². The Balaban J connectivity index is 0.00000200. The lowest BCUT2D eigenvalue weighted by atomic mass is 10.2. The summed E-state index contributed by atoms with van der Waals surface area (Å²) in [6, 6.07) is 10.2. The van der Waals surface area contributed by atoms with Gasteiger partial charge in [-0.2, -0.15) is 11.8 Å². The quantitative estimate of drug-likeness (QED) is 0.846. The van der Waals surface area contributed by atoms with Gasteiger partial charge in [0.05, 0.1) is 6.54 Å². The number of nitrogens with one attached hydrogen (secondary N) is 2. The summed E-state index contributed by atoms with van der Waals surface area (Å²) in [6.45, 7) is 2.53. The average Bonchev–Trinajstić information content (AvgIpc) is 2.85. The van der Waals surface area contributed by atoms with E-state index in [4.69, 9.17) is 0 Å². The third kappa shape index (κ3) is 5.25. The molecular formula is C15H23ClN2OS. The molecule has 2 rings (SSSR count). The molecule has 1 aliphatic rings. The van der Waals surface area contributed by atoms with Gasteiger partial charge in [0.2, 0.25) is 5.91 Å². The fourth-order valence-corrected chi connectivity index (χ4v) is 3.70. The predicted molar refractivity (Wildman–Crippen MR) is 89.9 cm³/mol. The molecule has 20 heavy (non-hydrogen) atoms. The van der Waals surface area contributed by atoms with Crippen molar-refractivity contribution in [2.24, 2.45) is 0 Å². The average molecular weight is 315 g/mol. The van der Waals surface area contributed by atoms with E-state index in [1.165, 1.54) is 12.8 Å². The summed E-state index contributed by atoms with van der Waals surface area (Å²) in [6.07, 6.45) is 3.58. The molecule has 0 saturated heterocycles. The number of anilines is 1. The van der Waals surface area contributed by atoms with Gasteiger partial charge >= 0.3 is 0 Å². The number of thioether (sulfide) groups is 1. The molecule has 0 aromatic heterocycles. The standard InChI is InChI=1S/C15H22N2OS.ClH/c1-2-19-14-10-6-9-13(14)17-15(18)11-16-12-7-4-3-5-8-12;/h3-5,7-8,13-14,16H,2,6,9-11H2,1H3,(H,17,18);1H. The van der Waals surface area contributed by atoms with Gasteiger partial charge in [0.25, 0.3) is 0 Å². The summed E-state index contributed by atoms with van der Waals surface area (Å²) < 4.78 is 0. The van der Waals surface area contributed by atoms with Crippen molar-refractivity contribution in [3.05, 3.63) is 30.3 Å². The van der Waals surface area contributed by atoms with E-state index in [0.29, 0.717) is 17.8 Å². The summed E-state index contributed by atoms with van der Waals surface area (Å²) in [5, 5.41) is 6.91. The molecule has 1 aliphatic carbocycles. The van der Waals surface area contributed by atoms with E-state index in [-0.39, 0.29) is 18.3 Å². The topological polar surface area (TPSA) is 41.1 Å². The first-order valence-electron chi connectivity index (χ1n) is 6.99. The number of rotatable bonds is 6. The Bertz CT molecular complexity index is 402. The zero-order chi connectivity index (χ0) is 13.5. The van der Waals surface area contributed by atoms with Crippen molar-refractivity contribution < 1.29 is 4.79 Å². The number of hydrogen-bond donors (Lipinski definition) is 2. The zero-order valence-corrected chi connectivity index (χ0v) is 13.4. The van der Waals surface area contributed by atoms with Crippen LogP contribution in [0.1, 0.15) is 26.2 Å². The number of halogens is 1. The lowest BCUT2D eigenvalue weighted by molar-refractivity contribution is -0.120. The maximum atomic E-state index is 11.9. The Labute approximate surface area is 131 Å². The number of amides is 1. The summed E-state index contributed by atoms with van der Waals surface area (Å²) in [4.78, 5) is 11.9. The summed E-state index contributed by atoms with van der Waals surface area (Å²) in [7, 11) is 0. The largest absolute Gasteiger partial charge is 0.376 e. The Kier molecular flexibility index (Phi) is 7.85. The minimum atomic E-state index is 0. The number of para-hydroxylation sites is 1. The van der Waals surface area contributed by atoms with E-state index in [0.717, 1.165) is 17.9 Å². The lowest BCUT2D eigenvalue weighted by Crippen LogP contribution is -2.41. The van der Waals surface area contributed by atoms with Crippen LogP contribution in [0.2, 0.25) is 0 Å². The first kappa shape index (κ1) is 17.2. The van der Waals surface area contributed by atoms with Gasteiger partial charge in [-0.3, -0.25) is 4.79 Å². The van der Waals surface area contributed by atoms with Crippen molar-refractivity contribution >= 4 is 35.8 Å². The lowest BCUT2D eigenvalue weighted by Gasteiger charge is -2.20. The Hall–Kier alpha value is -0.870. The smallest absolute Gasteiger partial charge is 0.239 e. The van der Waals surface area contributed by atoms with E-state index in [1.807, 2.05) is 42.1 Å². The van der Waals surface area contributed by atoms with Crippen LogP contribution in [0.15, 0.2) is 30.3 Å². The highest BCUT2D eigenvalue weighted by Gasteiger charge is 2.28. The van der Waals surface area contributed by atoms with E-state index >= 15 is 0 Å². The van der Waals surface area contributed by atoms with Gasteiger partial charge in [-0.1, -0.05) is 31.5 Å². The molecule has 0 bridgehead atoms. The van der Waals surface area contributed by atoms with Crippen LogP contribution in [-0.2, 0) is 4.79 Å². The maximum Gasteiger partial charge on any atom is 0.239 e. The molecule has 5 heteroatoms. The number of carbonyl (C=O) groups excluding carboxylic acids is 1. The van der Waals surface area contributed by atoms with Crippen LogP contribution < -0.4 is 10.6 Å². The van der Waals surface area contributed by atoms with Crippen molar-refractivity contribution in [3.8, 4) is 0 Å². The zero-order valence-electron chi connectivity index (χ0n) is 11.8. The number of carbonyl (C=O) groups is 1. The Morgan fingerprint density at radius 3 is 2.75 bits per heavy atom. The molecule has 2 unspecified atom stereocenters. The van der Waals surface area contributed by atoms with Crippen molar-refractivity contribution in [1.29, 1.82) is 0 Å². The van der Waals surface area contributed by atoms with Gasteiger partial charge in [-0.25, -0.2) is 0 Å². The second-order valence-electron chi connectivity index (χ2n) is 4.82. The minimum Gasteiger partial charge on any atom is -0.376 e. The molecule has 1 aromatic rings. The number of hydrogen-bond acceptors (Lipinski definition) is 3. The van der Waals surface area contributed by atoms with Crippen molar-refractivity contribution in [1.82, 2.24) is 5.32 Å². The van der Waals surface area contributed by atoms with Crippen LogP contribution in [0.4, 0.5) is 5.69 Å². The first-order chi connectivity index (χ1) is 9.29. The molecule has 3 nitrogen and oxygen atoms in total. The van der Waals surface area contributed by atoms with Gasteiger partial charge in [-0.05, 0) is 30.7 Å². The van der Waals surface area contributed by atoms with Gasteiger partial charge in [0.1, 0.15) is 0 Å². The van der Waals surface area contributed by atoms with E-state index in [2.05, 4.69) is 17.6 Å². The SMILES string of the molecule is CCSC1CCCC1NC(=O)CNc1ccccc1.Cl. The molecular weight excluding hydrogens is 292 g/mol. The minimum absolute atomic E-state index is 0. The fourth-order valence-electron chi connectivity index (χ4n) is 2.50. The van der Waals surface area contributed by atoms with Crippen LogP contribution in [0.25, 0.3) is 0 Å². The first-order valence-corrected chi connectivity index (χ1v) is 8.04. The monoisotopic (exact) mass is 314 g/mol. The van der Waals surface area contributed by atoms with Crippen molar-refractivity contribution in [3.63, 3.8) is 0 Å². The molecule has 1 saturated carbocycles. The molecule has 1 fully saturated rings. The second kappa shape index (κ2) is 9.14. The summed E-state index contributed by atoms with van der Waals surface area (Å²) in [5.41, 5.74) is 0.989. The molecule has 2 atom stereocenters. The van der Waals surface area contributed by atoms with E-state index in [1.54, 1.807) is 0 Å². The van der Waals surface area contributed by atoms with Gasteiger partial charge in [0.15, 0.2) is 0 Å². The maximum absolute atomic E-state index is 11.9. The van der Waals surface area contributed by atoms with Crippen molar-refractivity contribution in [2.75, 3.05) is 17.6 Å². The highest BCUT2D eigenvalue weighted by molar-refractivity contribution is 7.99. The summed E-state index contributed by atoms with van der Waals surface area (Å²) >= 11 is 1.97.